The van der Waals surface area contributed by atoms with Crippen LogP contribution in [0.1, 0.15) is 50.0 Å². The minimum absolute atomic E-state index is 0.00756. The third kappa shape index (κ3) is 3.01. The van der Waals surface area contributed by atoms with E-state index in [1.54, 1.807) is 6.26 Å². The highest BCUT2D eigenvalue weighted by Gasteiger charge is 2.41. The summed E-state index contributed by atoms with van der Waals surface area (Å²) in [4.78, 5) is 0. The van der Waals surface area contributed by atoms with Gasteiger partial charge < -0.3 is 13.9 Å². The van der Waals surface area contributed by atoms with Crippen molar-refractivity contribution < 1.29 is 13.9 Å². The van der Waals surface area contributed by atoms with Crippen molar-refractivity contribution in [3.05, 3.63) is 23.7 Å². The molecule has 2 saturated heterocycles. The zero-order valence-corrected chi connectivity index (χ0v) is 12.8. The van der Waals surface area contributed by atoms with E-state index in [1.165, 1.54) is 5.56 Å². The highest BCUT2D eigenvalue weighted by molar-refractivity contribution is 5.22. The summed E-state index contributed by atoms with van der Waals surface area (Å²) in [5.41, 5.74) is 4.22. The zero-order valence-electron chi connectivity index (χ0n) is 12.8. The lowest BCUT2D eigenvalue weighted by atomic mass is 9.76. The first-order chi connectivity index (χ1) is 10.3. The third-order valence-electron chi connectivity index (χ3n) is 5.02. The topological polar surface area (TPSA) is 69.7 Å². The van der Waals surface area contributed by atoms with Crippen molar-refractivity contribution in [1.82, 2.24) is 5.43 Å². The number of hydrogen-bond donors (Lipinski definition) is 2. The fourth-order valence-corrected chi connectivity index (χ4v) is 3.84. The molecule has 2 unspecified atom stereocenters. The highest BCUT2D eigenvalue weighted by Crippen LogP contribution is 2.42. The molecule has 2 aliphatic rings. The molecule has 0 aromatic carbocycles. The van der Waals surface area contributed by atoms with Crippen molar-refractivity contribution in [3.8, 4) is 0 Å². The molecule has 2 aliphatic heterocycles. The van der Waals surface area contributed by atoms with Crippen LogP contribution in [-0.4, -0.2) is 25.4 Å². The van der Waals surface area contributed by atoms with Crippen LogP contribution in [0.15, 0.2) is 16.7 Å². The molecule has 5 heteroatoms. The van der Waals surface area contributed by atoms with Gasteiger partial charge in [-0.2, -0.15) is 0 Å². The molecule has 3 N–H and O–H groups in total. The van der Waals surface area contributed by atoms with Gasteiger partial charge in [-0.05, 0) is 37.7 Å². The van der Waals surface area contributed by atoms with E-state index in [1.807, 2.05) is 0 Å². The lowest BCUT2D eigenvalue weighted by Crippen LogP contribution is -2.47. The number of hydrogen-bond acceptors (Lipinski definition) is 5. The second-order valence-electron chi connectivity index (χ2n) is 6.19. The minimum Gasteiger partial charge on any atom is -0.469 e. The standard InChI is InChI=1S/C16H26N2O3/c1-2-14-13(4-7-20-14)15(18-17)12-3-8-21-16(11-12)5-9-19-10-6-16/h4,7,12,15,18H,2-3,5-6,8-11,17H2,1H3. The van der Waals surface area contributed by atoms with Crippen LogP contribution in [0.3, 0.4) is 0 Å². The van der Waals surface area contributed by atoms with Crippen molar-refractivity contribution in [3.63, 3.8) is 0 Å². The van der Waals surface area contributed by atoms with Gasteiger partial charge in [-0.25, -0.2) is 0 Å². The van der Waals surface area contributed by atoms with E-state index in [4.69, 9.17) is 19.7 Å². The van der Waals surface area contributed by atoms with E-state index in [0.29, 0.717) is 5.92 Å². The zero-order chi connectivity index (χ0) is 14.7. The molecule has 2 fully saturated rings. The number of nitrogens with two attached hydrogens (primary N) is 1. The molecular formula is C16H26N2O3. The number of aryl methyl sites for hydroxylation is 1. The summed E-state index contributed by atoms with van der Waals surface area (Å²) in [5, 5.41) is 0. The summed E-state index contributed by atoms with van der Waals surface area (Å²) in [7, 11) is 0. The second-order valence-corrected chi connectivity index (χ2v) is 6.19. The molecule has 5 nitrogen and oxygen atoms in total. The molecule has 0 aliphatic carbocycles. The van der Waals surface area contributed by atoms with Crippen molar-refractivity contribution >= 4 is 0 Å². The van der Waals surface area contributed by atoms with Crippen LogP contribution in [0.4, 0.5) is 0 Å². The SMILES string of the molecule is CCc1occc1C(NN)C1CCOC2(CCOCC2)C1. The first-order valence-electron chi connectivity index (χ1n) is 8.02. The molecule has 3 heterocycles. The van der Waals surface area contributed by atoms with Gasteiger partial charge in [0.15, 0.2) is 0 Å². The fraction of sp³-hybridized carbons (Fsp3) is 0.750. The first-order valence-corrected chi connectivity index (χ1v) is 8.02. The van der Waals surface area contributed by atoms with E-state index in [2.05, 4.69) is 18.4 Å². The molecule has 1 aromatic heterocycles. The molecule has 0 radical (unpaired) electrons. The van der Waals surface area contributed by atoms with Crippen LogP contribution in [0.2, 0.25) is 0 Å². The van der Waals surface area contributed by atoms with Gasteiger partial charge in [0.05, 0.1) is 17.9 Å². The van der Waals surface area contributed by atoms with Crippen LogP contribution in [0.25, 0.3) is 0 Å². The largest absolute Gasteiger partial charge is 0.469 e. The molecular weight excluding hydrogens is 268 g/mol. The van der Waals surface area contributed by atoms with E-state index in [0.717, 1.165) is 57.7 Å². The number of rotatable bonds is 4. The predicted octanol–water partition coefficient (Wildman–Crippen LogP) is 2.32. The van der Waals surface area contributed by atoms with Gasteiger partial charge in [0.1, 0.15) is 5.76 Å². The summed E-state index contributed by atoms with van der Waals surface area (Å²) in [6.07, 6.45) is 6.72. The smallest absolute Gasteiger partial charge is 0.108 e. The molecule has 0 saturated carbocycles. The Labute approximate surface area is 126 Å². The summed E-state index contributed by atoms with van der Waals surface area (Å²) < 4.78 is 17.2. The summed E-state index contributed by atoms with van der Waals surface area (Å²) in [5.74, 6) is 7.39. The minimum atomic E-state index is -0.00756. The highest BCUT2D eigenvalue weighted by atomic mass is 16.5. The van der Waals surface area contributed by atoms with Gasteiger partial charge in [-0.15, -0.1) is 0 Å². The van der Waals surface area contributed by atoms with E-state index >= 15 is 0 Å². The average molecular weight is 294 g/mol. The van der Waals surface area contributed by atoms with Gasteiger partial charge in [0.2, 0.25) is 0 Å². The van der Waals surface area contributed by atoms with Crippen molar-refractivity contribution in [2.75, 3.05) is 19.8 Å². The maximum Gasteiger partial charge on any atom is 0.108 e. The monoisotopic (exact) mass is 294 g/mol. The van der Waals surface area contributed by atoms with Crippen LogP contribution < -0.4 is 11.3 Å². The number of hydrazine groups is 1. The number of nitrogens with one attached hydrogen (secondary N) is 1. The van der Waals surface area contributed by atoms with Crippen LogP contribution in [0.5, 0.6) is 0 Å². The average Bonchev–Trinajstić information content (AvgIpc) is 2.97. The molecule has 0 amide bonds. The summed E-state index contributed by atoms with van der Waals surface area (Å²) >= 11 is 0. The maximum absolute atomic E-state index is 6.13. The van der Waals surface area contributed by atoms with Gasteiger partial charge in [0, 0.05) is 31.8 Å². The van der Waals surface area contributed by atoms with Crippen molar-refractivity contribution in [2.24, 2.45) is 11.8 Å². The Kier molecular flexibility index (Phi) is 4.64. The Morgan fingerprint density at radius 2 is 2.19 bits per heavy atom. The third-order valence-corrected chi connectivity index (χ3v) is 5.02. The van der Waals surface area contributed by atoms with E-state index in [-0.39, 0.29) is 11.6 Å². The van der Waals surface area contributed by atoms with Crippen LogP contribution in [-0.2, 0) is 15.9 Å². The van der Waals surface area contributed by atoms with Gasteiger partial charge >= 0.3 is 0 Å². The first kappa shape index (κ1) is 15.0. The van der Waals surface area contributed by atoms with Crippen LogP contribution in [0, 0.1) is 5.92 Å². The fourth-order valence-electron chi connectivity index (χ4n) is 3.84. The lowest BCUT2D eigenvalue weighted by Gasteiger charge is -2.45. The Hall–Kier alpha value is -0.880. The molecule has 3 rings (SSSR count). The van der Waals surface area contributed by atoms with Gasteiger partial charge in [-0.3, -0.25) is 11.3 Å². The molecule has 21 heavy (non-hydrogen) atoms. The van der Waals surface area contributed by atoms with Crippen molar-refractivity contribution in [1.29, 1.82) is 0 Å². The Bertz CT molecular complexity index is 449. The van der Waals surface area contributed by atoms with E-state index in [9.17, 15) is 0 Å². The van der Waals surface area contributed by atoms with Gasteiger partial charge in [-0.1, -0.05) is 6.92 Å². The number of ether oxygens (including phenoxy) is 2. The normalized spacial score (nSPS) is 26.9. The molecule has 1 spiro atoms. The molecule has 118 valence electrons. The predicted molar refractivity (Wildman–Crippen MR) is 79.6 cm³/mol. The lowest BCUT2D eigenvalue weighted by molar-refractivity contribution is -0.150. The maximum atomic E-state index is 6.13. The number of furan rings is 1. The Morgan fingerprint density at radius 1 is 1.38 bits per heavy atom. The quantitative estimate of drug-likeness (QED) is 0.659. The van der Waals surface area contributed by atoms with E-state index < -0.39 is 0 Å². The molecule has 0 bridgehead atoms. The Balaban J connectivity index is 1.77. The Morgan fingerprint density at radius 3 is 2.90 bits per heavy atom. The van der Waals surface area contributed by atoms with Crippen LogP contribution >= 0.6 is 0 Å². The summed E-state index contributed by atoms with van der Waals surface area (Å²) in [6, 6.07) is 2.19. The van der Waals surface area contributed by atoms with Gasteiger partial charge in [0.25, 0.3) is 0 Å². The molecule has 1 aromatic rings. The molecule has 2 atom stereocenters. The van der Waals surface area contributed by atoms with Crippen molar-refractivity contribution in [2.45, 2.75) is 50.7 Å². The second kappa shape index (κ2) is 6.48. The summed E-state index contributed by atoms with van der Waals surface area (Å²) in [6.45, 7) is 4.53.